The molecule has 1 aliphatic rings. The first-order valence-corrected chi connectivity index (χ1v) is 7.16. The van der Waals surface area contributed by atoms with Gasteiger partial charge in [0.05, 0.1) is 0 Å². The largest absolute Gasteiger partial charge is 0.0879 e. The van der Waals surface area contributed by atoms with E-state index in [1.165, 1.54) is 41.5 Å². The molecule has 0 N–H and O–H groups in total. The second-order valence-corrected chi connectivity index (χ2v) is 5.45. The topological polar surface area (TPSA) is 0 Å². The molecular formula is C19H20. The van der Waals surface area contributed by atoms with Gasteiger partial charge >= 0.3 is 0 Å². The summed E-state index contributed by atoms with van der Waals surface area (Å²) in [5.41, 5.74) is 5.37. The Labute approximate surface area is 115 Å². The lowest BCUT2D eigenvalue weighted by molar-refractivity contribution is 0.654. The van der Waals surface area contributed by atoms with Crippen LogP contribution in [0.2, 0.25) is 0 Å². The molecule has 2 aromatic rings. The summed E-state index contributed by atoms with van der Waals surface area (Å²) in [4.78, 5) is 0. The third kappa shape index (κ3) is 2.78. The maximum absolute atomic E-state index is 2.37. The summed E-state index contributed by atoms with van der Waals surface area (Å²) in [7, 11) is 0. The number of rotatable bonds is 2. The van der Waals surface area contributed by atoms with Crippen molar-refractivity contribution < 1.29 is 0 Å². The Morgan fingerprint density at radius 1 is 0.842 bits per heavy atom. The zero-order chi connectivity index (χ0) is 13.1. The van der Waals surface area contributed by atoms with Crippen molar-refractivity contribution in [2.45, 2.75) is 32.1 Å². The van der Waals surface area contributed by atoms with E-state index >= 15 is 0 Å². The average Bonchev–Trinajstić information content (AvgIpc) is 2.49. The highest BCUT2D eigenvalue weighted by molar-refractivity contribution is 5.64. The van der Waals surface area contributed by atoms with Crippen molar-refractivity contribution in [1.82, 2.24) is 0 Å². The third-order valence-electron chi connectivity index (χ3n) is 3.98. The summed E-state index contributed by atoms with van der Waals surface area (Å²) in [5.74, 6) is 0.626. The Kier molecular flexibility index (Phi) is 3.50. The van der Waals surface area contributed by atoms with Gasteiger partial charge in [-0.2, -0.15) is 0 Å². The van der Waals surface area contributed by atoms with E-state index < -0.39 is 0 Å². The van der Waals surface area contributed by atoms with Gasteiger partial charge in [-0.25, -0.2) is 0 Å². The van der Waals surface area contributed by atoms with Crippen molar-refractivity contribution in [3.63, 3.8) is 0 Å². The van der Waals surface area contributed by atoms with Gasteiger partial charge < -0.3 is 0 Å². The van der Waals surface area contributed by atoms with Crippen molar-refractivity contribution in [2.24, 2.45) is 0 Å². The lowest BCUT2D eigenvalue weighted by atomic mass is 9.88. The van der Waals surface area contributed by atoms with E-state index in [9.17, 15) is 0 Å². The fourth-order valence-corrected chi connectivity index (χ4v) is 2.76. The monoisotopic (exact) mass is 248 g/mol. The summed E-state index contributed by atoms with van der Waals surface area (Å²) < 4.78 is 0. The average molecular weight is 248 g/mol. The molecule has 1 aliphatic carbocycles. The van der Waals surface area contributed by atoms with E-state index in [0.29, 0.717) is 5.92 Å². The number of allylic oxidation sites excluding steroid dienone is 2. The molecule has 1 atom stereocenters. The van der Waals surface area contributed by atoms with Crippen LogP contribution >= 0.6 is 0 Å². The van der Waals surface area contributed by atoms with Crippen molar-refractivity contribution >= 4 is 0 Å². The van der Waals surface area contributed by atoms with Crippen LogP contribution in [0.25, 0.3) is 11.1 Å². The number of benzene rings is 2. The predicted octanol–water partition coefficient (Wildman–Crippen LogP) is 5.49. The first kappa shape index (κ1) is 12.2. The molecule has 19 heavy (non-hydrogen) atoms. The maximum atomic E-state index is 2.37. The number of aryl methyl sites for hydroxylation is 1. The van der Waals surface area contributed by atoms with Gasteiger partial charge in [-0.05, 0) is 42.9 Å². The second kappa shape index (κ2) is 5.44. The molecule has 0 heteroatoms. The summed E-state index contributed by atoms with van der Waals surface area (Å²) in [6, 6.07) is 17.8. The molecule has 0 aromatic heterocycles. The quantitative estimate of drug-likeness (QED) is 0.617. The van der Waals surface area contributed by atoms with Gasteiger partial charge in [0.2, 0.25) is 0 Å². The van der Waals surface area contributed by atoms with Crippen LogP contribution in [0.4, 0.5) is 0 Å². The third-order valence-corrected chi connectivity index (χ3v) is 3.98. The van der Waals surface area contributed by atoms with Gasteiger partial charge in [0.25, 0.3) is 0 Å². The summed E-state index contributed by atoms with van der Waals surface area (Å²) >= 11 is 0. The molecule has 2 aromatic carbocycles. The van der Waals surface area contributed by atoms with Gasteiger partial charge in [0.1, 0.15) is 0 Å². The molecule has 3 rings (SSSR count). The Morgan fingerprint density at radius 3 is 2.05 bits per heavy atom. The lowest BCUT2D eigenvalue weighted by Crippen LogP contribution is -1.98. The molecule has 0 spiro atoms. The minimum Gasteiger partial charge on any atom is -0.0879 e. The fraction of sp³-hybridized carbons (Fsp3) is 0.263. The normalized spacial score (nSPS) is 18.5. The Balaban J connectivity index is 1.84. The second-order valence-electron chi connectivity index (χ2n) is 5.45. The van der Waals surface area contributed by atoms with Crippen LogP contribution in [-0.4, -0.2) is 0 Å². The van der Waals surface area contributed by atoms with Crippen molar-refractivity contribution in [2.75, 3.05) is 0 Å². The molecule has 0 saturated carbocycles. The molecule has 0 heterocycles. The Bertz CT molecular complexity index is 558. The predicted molar refractivity (Wildman–Crippen MR) is 82.3 cm³/mol. The van der Waals surface area contributed by atoms with Crippen LogP contribution in [0.15, 0.2) is 60.7 Å². The van der Waals surface area contributed by atoms with Crippen LogP contribution < -0.4 is 0 Å². The molecule has 1 unspecified atom stereocenters. The molecule has 0 aliphatic heterocycles. The molecule has 0 fully saturated rings. The molecule has 0 nitrogen and oxygen atoms in total. The van der Waals surface area contributed by atoms with Crippen LogP contribution in [-0.2, 0) is 0 Å². The van der Waals surface area contributed by atoms with Crippen LogP contribution in [0.3, 0.4) is 0 Å². The highest BCUT2D eigenvalue weighted by Crippen LogP contribution is 2.29. The Hall–Kier alpha value is -1.82. The van der Waals surface area contributed by atoms with E-state index in [1.807, 2.05) is 0 Å². The smallest absolute Gasteiger partial charge is 0.00180 e. The molecule has 0 amide bonds. The zero-order valence-corrected chi connectivity index (χ0v) is 11.5. The first-order valence-electron chi connectivity index (χ1n) is 7.16. The van der Waals surface area contributed by atoms with Crippen LogP contribution in [0, 0.1) is 6.92 Å². The molecular weight excluding hydrogens is 228 g/mol. The minimum absolute atomic E-state index is 0.626. The number of hydrogen-bond acceptors (Lipinski definition) is 0. The minimum atomic E-state index is 0.626. The van der Waals surface area contributed by atoms with Gasteiger partial charge in [-0.3, -0.25) is 0 Å². The van der Waals surface area contributed by atoms with E-state index in [1.54, 1.807) is 0 Å². The van der Waals surface area contributed by atoms with Crippen molar-refractivity contribution in [3.05, 3.63) is 71.8 Å². The van der Waals surface area contributed by atoms with Crippen LogP contribution in [0.5, 0.6) is 0 Å². The molecule has 0 radical (unpaired) electrons. The lowest BCUT2D eigenvalue weighted by Gasteiger charge is -2.17. The zero-order valence-electron chi connectivity index (χ0n) is 11.5. The van der Waals surface area contributed by atoms with E-state index in [2.05, 4.69) is 67.6 Å². The highest BCUT2D eigenvalue weighted by Gasteiger charge is 2.10. The Morgan fingerprint density at radius 2 is 1.47 bits per heavy atom. The highest BCUT2D eigenvalue weighted by atomic mass is 14.1. The fourth-order valence-electron chi connectivity index (χ4n) is 2.76. The van der Waals surface area contributed by atoms with Gasteiger partial charge in [-0.1, -0.05) is 66.2 Å². The van der Waals surface area contributed by atoms with Gasteiger partial charge in [0, 0.05) is 5.92 Å². The molecule has 0 saturated heterocycles. The van der Waals surface area contributed by atoms with E-state index in [-0.39, 0.29) is 0 Å². The maximum Gasteiger partial charge on any atom is 0.00180 e. The number of hydrogen-bond donors (Lipinski definition) is 0. The molecule has 96 valence electrons. The van der Waals surface area contributed by atoms with E-state index in [4.69, 9.17) is 0 Å². The van der Waals surface area contributed by atoms with Gasteiger partial charge in [0.15, 0.2) is 0 Å². The standard InChI is InChI=1S/C19H20/c1-15-7-9-17(10-8-15)19-13-11-18(12-14-19)16-5-3-2-4-6-16/h3,5,7-14,16H,2,4,6H2,1H3. The summed E-state index contributed by atoms with van der Waals surface area (Å²) in [6.07, 6.45) is 8.55. The van der Waals surface area contributed by atoms with Gasteiger partial charge in [-0.15, -0.1) is 0 Å². The van der Waals surface area contributed by atoms with E-state index in [0.717, 1.165) is 0 Å². The molecule has 0 bridgehead atoms. The van der Waals surface area contributed by atoms with Crippen molar-refractivity contribution in [3.8, 4) is 11.1 Å². The SMILES string of the molecule is Cc1ccc(-c2ccc(C3C=CCCC3)cc2)cc1. The first-order chi connectivity index (χ1) is 9.33. The van der Waals surface area contributed by atoms with Crippen molar-refractivity contribution in [1.29, 1.82) is 0 Å². The summed E-state index contributed by atoms with van der Waals surface area (Å²) in [5, 5.41) is 0. The van der Waals surface area contributed by atoms with Crippen LogP contribution in [0.1, 0.15) is 36.3 Å². The summed E-state index contributed by atoms with van der Waals surface area (Å²) in [6.45, 7) is 2.13.